The molecule has 0 bridgehead atoms. The highest BCUT2D eigenvalue weighted by atomic mass is 16.7. The number of hydrogen-bond donors (Lipinski definition) is 1. The van der Waals surface area contributed by atoms with Crippen molar-refractivity contribution in [3.05, 3.63) is 47.5 Å². The zero-order valence-corrected chi connectivity index (χ0v) is 15.6. The molecule has 2 aromatic carbocycles. The largest absolute Gasteiger partial charge is 0.497 e. The second kappa shape index (κ2) is 7.19. The van der Waals surface area contributed by atoms with Crippen LogP contribution in [-0.2, 0) is 9.59 Å². The Balaban J connectivity index is 1.75. The molecule has 1 saturated heterocycles. The molecule has 0 radical (unpaired) electrons. The minimum atomic E-state index is -0.880. The van der Waals surface area contributed by atoms with Crippen LogP contribution < -0.4 is 29.2 Å². The number of fused-ring (bicyclic) bond motifs is 1. The van der Waals surface area contributed by atoms with E-state index in [9.17, 15) is 14.4 Å². The van der Waals surface area contributed by atoms with Crippen LogP contribution >= 0.6 is 0 Å². The van der Waals surface area contributed by atoms with Crippen molar-refractivity contribution in [1.29, 1.82) is 0 Å². The molecule has 0 atom stereocenters. The summed E-state index contributed by atoms with van der Waals surface area (Å²) in [6.07, 6.45) is 1.38. The number of amides is 4. The fraction of sp³-hybridized carbons (Fsp3) is 0.150. The van der Waals surface area contributed by atoms with Gasteiger partial charge in [-0.2, -0.15) is 0 Å². The van der Waals surface area contributed by atoms with Gasteiger partial charge in [0.2, 0.25) is 6.79 Å². The number of rotatable bonds is 4. The van der Waals surface area contributed by atoms with Gasteiger partial charge in [0.1, 0.15) is 17.1 Å². The Hall–Kier alpha value is -4.01. The van der Waals surface area contributed by atoms with E-state index in [0.717, 1.165) is 4.90 Å². The third kappa shape index (κ3) is 3.22. The molecular weight excluding hydrogens is 380 g/mol. The fourth-order valence-corrected chi connectivity index (χ4v) is 3.02. The molecule has 0 saturated carbocycles. The first-order valence-corrected chi connectivity index (χ1v) is 8.55. The van der Waals surface area contributed by atoms with Gasteiger partial charge in [0.25, 0.3) is 11.8 Å². The number of nitrogens with one attached hydrogen (secondary N) is 1. The zero-order valence-electron chi connectivity index (χ0n) is 15.6. The molecule has 2 aliphatic rings. The average molecular weight is 396 g/mol. The van der Waals surface area contributed by atoms with E-state index in [4.69, 9.17) is 18.9 Å². The van der Waals surface area contributed by atoms with E-state index in [1.807, 2.05) is 0 Å². The second-order valence-corrected chi connectivity index (χ2v) is 6.11. The van der Waals surface area contributed by atoms with Crippen molar-refractivity contribution in [2.24, 2.45) is 0 Å². The fourth-order valence-electron chi connectivity index (χ4n) is 3.02. The van der Waals surface area contributed by atoms with Crippen molar-refractivity contribution in [3.8, 4) is 23.0 Å². The standard InChI is InChI=1S/C20H16N2O7/c1-26-12-4-6-15(27-2)14(9-12)22-19(24)13(18(23)21-20(22)25)7-11-3-5-16-17(8-11)29-10-28-16/h3-9H,10H2,1-2H3,(H,21,23,25). The molecule has 0 spiro atoms. The summed E-state index contributed by atoms with van der Waals surface area (Å²) in [4.78, 5) is 38.7. The van der Waals surface area contributed by atoms with Gasteiger partial charge in [-0.3, -0.25) is 14.9 Å². The van der Waals surface area contributed by atoms with Gasteiger partial charge in [0, 0.05) is 6.07 Å². The first kappa shape index (κ1) is 18.4. The van der Waals surface area contributed by atoms with E-state index < -0.39 is 17.8 Å². The van der Waals surface area contributed by atoms with Crippen LogP contribution in [0.3, 0.4) is 0 Å². The van der Waals surface area contributed by atoms with E-state index in [0.29, 0.717) is 22.8 Å². The Bertz CT molecular complexity index is 1060. The number of ether oxygens (including phenoxy) is 4. The summed E-state index contributed by atoms with van der Waals surface area (Å²) < 4.78 is 21.0. The van der Waals surface area contributed by atoms with E-state index in [2.05, 4.69) is 5.32 Å². The SMILES string of the molecule is COc1ccc(OC)c(N2C(=O)NC(=O)C(=Cc3ccc4c(c3)OCO4)C2=O)c1. The van der Waals surface area contributed by atoms with Crippen molar-refractivity contribution in [1.82, 2.24) is 5.32 Å². The van der Waals surface area contributed by atoms with Gasteiger partial charge in [0.15, 0.2) is 11.5 Å². The predicted molar refractivity (Wildman–Crippen MR) is 101 cm³/mol. The van der Waals surface area contributed by atoms with Gasteiger partial charge in [-0.15, -0.1) is 0 Å². The van der Waals surface area contributed by atoms with Crippen LogP contribution in [0.15, 0.2) is 42.0 Å². The Morgan fingerprint density at radius 2 is 1.79 bits per heavy atom. The second-order valence-electron chi connectivity index (χ2n) is 6.11. The minimum absolute atomic E-state index is 0.104. The molecule has 9 heteroatoms. The first-order valence-electron chi connectivity index (χ1n) is 8.55. The number of hydrogen-bond acceptors (Lipinski definition) is 7. The van der Waals surface area contributed by atoms with E-state index >= 15 is 0 Å². The van der Waals surface area contributed by atoms with Gasteiger partial charge in [-0.1, -0.05) is 6.07 Å². The topological polar surface area (TPSA) is 103 Å². The van der Waals surface area contributed by atoms with E-state index in [1.165, 1.54) is 26.4 Å². The molecule has 4 amide bonds. The molecule has 0 aliphatic carbocycles. The average Bonchev–Trinajstić information content (AvgIpc) is 3.18. The van der Waals surface area contributed by atoms with Crippen LogP contribution in [0, 0.1) is 0 Å². The van der Waals surface area contributed by atoms with Crippen LogP contribution in [0.5, 0.6) is 23.0 Å². The van der Waals surface area contributed by atoms with Crippen molar-refractivity contribution in [3.63, 3.8) is 0 Å². The van der Waals surface area contributed by atoms with Crippen LogP contribution in [0.1, 0.15) is 5.56 Å². The third-order valence-electron chi connectivity index (χ3n) is 4.44. The van der Waals surface area contributed by atoms with E-state index in [1.54, 1.807) is 30.3 Å². The highest BCUT2D eigenvalue weighted by Gasteiger charge is 2.38. The maximum Gasteiger partial charge on any atom is 0.336 e. The Labute approximate surface area is 165 Å². The quantitative estimate of drug-likeness (QED) is 0.623. The Morgan fingerprint density at radius 3 is 2.55 bits per heavy atom. The molecular formula is C20H16N2O7. The van der Waals surface area contributed by atoms with Gasteiger partial charge >= 0.3 is 6.03 Å². The summed E-state index contributed by atoms with van der Waals surface area (Å²) >= 11 is 0. The number of carbonyl (C=O) groups is 3. The van der Waals surface area contributed by atoms with Gasteiger partial charge < -0.3 is 18.9 Å². The summed E-state index contributed by atoms with van der Waals surface area (Å²) in [5.74, 6) is 0.180. The maximum absolute atomic E-state index is 13.1. The summed E-state index contributed by atoms with van der Waals surface area (Å²) in [6.45, 7) is 0.104. The van der Waals surface area contributed by atoms with Gasteiger partial charge in [-0.05, 0) is 35.9 Å². The molecule has 0 aromatic heterocycles. The highest BCUT2D eigenvalue weighted by Crippen LogP contribution is 2.36. The summed E-state index contributed by atoms with van der Waals surface area (Å²) in [6, 6.07) is 8.78. The third-order valence-corrected chi connectivity index (χ3v) is 4.44. The molecule has 2 aliphatic heterocycles. The number of carbonyl (C=O) groups excluding carboxylic acids is 3. The lowest BCUT2D eigenvalue weighted by molar-refractivity contribution is -0.122. The highest BCUT2D eigenvalue weighted by molar-refractivity contribution is 6.39. The van der Waals surface area contributed by atoms with Crippen molar-refractivity contribution < 1.29 is 33.3 Å². The van der Waals surface area contributed by atoms with Crippen molar-refractivity contribution in [2.75, 3.05) is 25.9 Å². The normalized spacial score (nSPS) is 16.8. The van der Waals surface area contributed by atoms with Crippen molar-refractivity contribution in [2.45, 2.75) is 0 Å². The predicted octanol–water partition coefficient (Wildman–Crippen LogP) is 2.10. The monoisotopic (exact) mass is 396 g/mol. The summed E-state index contributed by atoms with van der Waals surface area (Å²) in [7, 11) is 2.87. The molecule has 1 N–H and O–H groups in total. The minimum Gasteiger partial charge on any atom is -0.497 e. The van der Waals surface area contributed by atoms with Gasteiger partial charge in [0.05, 0.1) is 19.9 Å². The Morgan fingerprint density at radius 1 is 1.00 bits per heavy atom. The van der Waals surface area contributed by atoms with Gasteiger partial charge in [-0.25, -0.2) is 9.69 Å². The Kier molecular flexibility index (Phi) is 4.55. The molecule has 4 rings (SSSR count). The van der Waals surface area contributed by atoms with E-state index in [-0.39, 0.29) is 23.8 Å². The number of nitrogens with zero attached hydrogens (tertiary/aromatic N) is 1. The number of benzene rings is 2. The molecule has 2 aromatic rings. The lowest BCUT2D eigenvalue weighted by Gasteiger charge is -2.27. The lowest BCUT2D eigenvalue weighted by atomic mass is 10.1. The molecule has 0 unspecified atom stereocenters. The number of urea groups is 1. The maximum atomic E-state index is 13.1. The number of imide groups is 2. The zero-order chi connectivity index (χ0) is 20.5. The number of anilines is 1. The summed E-state index contributed by atoms with van der Waals surface area (Å²) in [5.41, 5.74) is 0.478. The van der Waals surface area contributed by atoms with Crippen LogP contribution in [0.2, 0.25) is 0 Å². The molecule has 29 heavy (non-hydrogen) atoms. The molecule has 9 nitrogen and oxygen atoms in total. The molecule has 2 heterocycles. The summed E-state index contributed by atoms with van der Waals surface area (Å²) in [5, 5.41) is 2.18. The first-order chi connectivity index (χ1) is 14.0. The van der Waals surface area contributed by atoms with Crippen LogP contribution in [0.4, 0.5) is 10.5 Å². The molecule has 148 valence electrons. The number of methoxy groups -OCH3 is 2. The number of barbiturate groups is 1. The smallest absolute Gasteiger partial charge is 0.336 e. The molecule has 1 fully saturated rings. The van der Waals surface area contributed by atoms with Crippen LogP contribution in [0.25, 0.3) is 6.08 Å². The van der Waals surface area contributed by atoms with Crippen LogP contribution in [-0.4, -0.2) is 38.9 Å². The van der Waals surface area contributed by atoms with Crippen molar-refractivity contribution >= 4 is 29.6 Å². The lowest BCUT2D eigenvalue weighted by Crippen LogP contribution is -2.54.